The highest BCUT2D eigenvalue weighted by molar-refractivity contribution is 4.86. The van der Waals surface area contributed by atoms with Crippen LogP contribution < -0.4 is 5.32 Å². The van der Waals surface area contributed by atoms with Gasteiger partial charge < -0.3 is 10.2 Å². The molecule has 1 aliphatic rings. The highest BCUT2D eigenvalue weighted by atomic mass is 15.2. The Balaban J connectivity index is 2.27. The smallest absolute Gasteiger partial charge is 0.0212 e. The van der Waals surface area contributed by atoms with Gasteiger partial charge in [0, 0.05) is 24.7 Å². The molecule has 0 radical (unpaired) electrons. The van der Waals surface area contributed by atoms with E-state index in [0.29, 0.717) is 6.04 Å². The maximum Gasteiger partial charge on any atom is 0.0212 e. The van der Waals surface area contributed by atoms with Crippen LogP contribution in [0.25, 0.3) is 0 Å². The van der Waals surface area contributed by atoms with E-state index >= 15 is 0 Å². The molecule has 0 saturated carbocycles. The predicted octanol–water partition coefficient (Wildman–Crippen LogP) is 1.47. The van der Waals surface area contributed by atoms with Crippen LogP contribution in [0.5, 0.6) is 0 Å². The SMILES string of the molecule is CCC(C)NC1CC(C)N(C)C1. The molecule has 3 unspecified atom stereocenters. The summed E-state index contributed by atoms with van der Waals surface area (Å²) in [5.74, 6) is 0. The summed E-state index contributed by atoms with van der Waals surface area (Å²) >= 11 is 0. The predicted molar refractivity (Wildman–Crippen MR) is 53.4 cm³/mol. The van der Waals surface area contributed by atoms with Crippen LogP contribution in [-0.2, 0) is 0 Å². The van der Waals surface area contributed by atoms with Crippen molar-refractivity contribution >= 4 is 0 Å². The number of nitrogens with one attached hydrogen (secondary N) is 1. The van der Waals surface area contributed by atoms with Gasteiger partial charge in [0.05, 0.1) is 0 Å². The first-order valence-corrected chi connectivity index (χ1v) is 5.09. The third kappa shape index (κ3) is 2.46. The minimum absolute atomic E-state index is 0.675. The normalized spacial score (nSPS) is 34.0. The van der Waals surface area contributed by atoms with Crippen LogP contribution in [-0.4, -0.2) is 36.6 Å². The lowest BCUT2D eigenvalue weighted by Gasteiger charge is -2.17. The summed E-state index contributed by atoms with van der Waals surface area (Å²) in [4.78, 5) is 2.43. The Morgan fingerprint density at radius 1 is 1.58 bits per heavy atom. The molecule has 0 aromatic rings. The molecule has 1 aliphatic heterocycles. The van der Waals surface area contributed by atoms with Crippen molar-refractivity contribution in [3.8, 4) is 0 Å². The maximum absolute atomic E-state index is 3.65. The third-order valence-corrected chi connectivity index (χ3v) is 3.02. The average molecular weight is 170 g/mol. The molecule has 0 aromatic heterocycles. The van der Waals surface area contributed by atoms with Gasteiger partial charge in [-0.05, 0) is 33.7 Å². The quantitative estimate of drug-likeness (QED) is 0.690. The molecule has 1 saturated heterocycles. The van der Waals surface area contributed by atoms with E-state index in [1.54, 1.807) is 0 Å². The second-order valence-corrected chi connectivity index (χ2v) is 4.20. The van der Waals surface area contributed by atoms with Crippen LogP contribution in [0.15, 0.2) is 0 Å². The average Bonchev–Trinajstić information content (AvgIpc) is 2.31. The van der Waals surface area contributed by atoms with Gasteiger partial charge in [-0.1, -0.05) is 6.92 Å². The first-order valence-electron chi connectivity index (χ1n) is 5.09. The molecule has 0 amide bonds. The first-order chi connectivity index (χ1) is 5.63. The fourth-order valence-corrected chi connectivity index (χ4v) is 1.83. The Kier molecular flexibility index (Phi) is 3.53. The summed E-state index contributed by atoms with van der Waals surface area (Å²) in [6.45, 7) is 8.02. The van der Waals surface area contributed by atoms with Gasteiger partial charge in [-0.15, -0.1) is 0 Å². The minimum Gasteiger partial charge on any atom is -0.310 e. The lowest BCUT2D eigenvalue weighted by atomic mass is 10.1. The monoisotopic (exact) mass is 170 g/mol. The fourth-order valence-electron chi connectivity index (χ4n) is 1.83. The number of likely N-dealkylation sites (tertiary alicyclic amines) is 1. The van der Waals surface area contributed by atoms with E-state index in [-0.39, 0.29) is 0 Å². The van der Waals surface area contributed by atoms with E-state index in [2.05, 4.69) is 38.0 Å². The molecule has 2 nitrogen and oxygen atoms in total. The van der Waals surface area contributed by atoms with Gasteiger partial charge in [-0.3, -0.25) is 0 Å². The van der Waals surface area contributed by atoms with Crippen LogP contribution in [0.1, 0.15) is 33.6 Å². The second kappa shape index (κ2) is 4.24. The largest absolute Gasteiger partial charge is 0.310 e. The summed E-state index contributed by atoms with van der Waals surface area (Å²) in [5, 5.41) is 3.65. The topological polar surface area (TPSA) is 15.3 Å². The van der Waals surface area contributed by atoms with Gasteiger partial charge in [0.25, 0.3) is 0 Å². The first kappa shape index (κ1) is 10.0. The van der Waals surface area contributed by atoms with Gasteiger partial charge in [0.2, 0.25) is 0 Å². The zero-order valence-electron chi connectivity index (χ0n) is 8.80. The Morgan fingerprint density at radius 3 is 2.67 bits per heavy atom. The molecule has 0 aliphatic carbocycles. The van der Waals surface area contributed by atoms with Crippen LogP contribution in [0.4, 0.5) is 0 Å². The molecule has 72 valence electrons. The molecular formula is C10H22N2. The van der Waals surface area contributed by atoms with Crippen molar-refractivity contribution in [2.75, 3.05) is 13.6 Å². The number of likely N-dealkylation sites (N-methyl/N-ethyl adjacent to an activating group) is 1. The molecule has 1 heterocycles. The third-order valence-electron chi connectivity index (χ3n) is 3.02. The highest BCUT2D eigenvalue weighted by Gasteiger charge is 2.26. The van der Waals surface area contributed by atoms with Crippen molar-refractivity contribution in [3.05, 3.63) is 0 Å². The van der Waals surface area contributed by atoms with Crippen LogP contribution in [0.2, 0.25) is 0 Å². The molecule has 12 heavy (non-hydrogen) atoms. The van der Waals surface area contributed by atoms with Crippen molar-refractivity contribution in [2.45, 2.75) is 51.7 Å². The summed E-state index contributed by atoms with van der Waals surface area (Å²) in [5.41, 5.74) is 0. The highest BCUT2D eigenvalue weighted by Crippen LogP contribution is 2.15. The van der Waals surface area contributed by atoms with Crippen molar-refractivity contribution in [1.82, 2.24) is 10.2 Å². The molecule has 1 fully saturated rings. The fraction of sp³-hybridized carbons (Fsp3) is 1.00. The standard InChI is InChI=1S/C10H22N2/c1-5-8(2)11-10-6-9(3)12(4)7-10/h8-11H,5-7H2,1-4H3. The van der Waals surface area contributed by atoms with E-state index in [9.17, 15) is 0 Å². The van der Waals surface area contributed by atoms with Crippen molar-refractivity contribution in [2.24, 2.45) is 0 Å². The number of rotatable bonds is 3. The summed E-state index contributed by atoms with van der Waals surface area (Å²) < 4.78 is 0. The van der Waals surface area contributed by atoms with Crippen LogP contribution in [0.3, 0.4) is 0 Å². The van der Waals surface area contributed by atoms with Gasteiger partial charge in [-0.25, -0.2) is 0 Å². The maximum atomic E-state index is 3.65. The molecule has 1 N–H and O–H groups in total. The molecule has 0 spiro atoms. The number of hydrogen-bond acceptors (Lipinski definition) is 2. The van der Waals surface area contributed by atoms with E-state index in [0.717, 1.165) is 12.1 Å². The summed E-state index contributed by atoms with van der Waals surface area (Å²) in [6.07, 6.45) is 2.54. The van der Waals surface area contributed by atoms with Crippen molar-refractivity contribution < 1.29 is 0 Å². The minimum atomic E-state index is 0.675. The van der Waals surface area contributed by atoms with Crippen molar-refractivity contribution in [1.29, 1.82) is 0 Å². The van der Waals surface area contributed by atoms with Crippen LogP contribution >= 0.6 is 0 Å². The summed E-state index contributed by atoms with van der Waals surface area (Å²) in [6, 6.07) is 2.15. The molecule has 3 atom stereocenters. The Bertz CT molecular complexity index is 126. The van der Waals surface area contributed by atoms with Crippen LogP contribution in [0, 0.1) is 0 Å². The Morgan fingerprint density at radius 2 is 2.25 bits per heavy atom. The number of nitrogens with zero attached hydrogens (tertiary/aromatic N) is 1. The second-order valence-electron chi connectivity index (χ2n) is 4.20. The molecular weight excluding hydrogens is 148 g/mol. The molecule has 1 rings (SSSR count). The zero-order valence-corrected chi connectivity index (χ0v) is 8.80. The molecule has 0 aromatic carbocycles. The number of hydrogen-bond donors (Lipinski definition) is 1. The van der Waals surface area contributed by atoms with Gasteiger partial charge in [0.15, 0.2) is 0 Å². The van der Waals surface area contributed by atoms with E-state index in [4.69, 9.17) is 0 Å². The molecule has 2 heteroatoms. The van der Waals surface area contributed by atoms with Gasteiger partial charge in [-0.2, -0.15) is 0 Å². The van der Waals surface area contributed by atoms with Gasteiger partial charge in [0.1, 0.15) is 0 Å². The Hall–Kier alpha value is -0.0800. The van der Waals surface area contributed by atoms with Gasteiger partial charge >= 0.3 is 0 Å². The summed E-state index contributed by atoms with van der Waals surface area (Å²) in [7, 11) is 2.21. The zero-order chi connectivity index (χ0) is 9.14. The van der Waals surface area contributed by atoms with E-state index in [1.165, 1.54) is 19.4 Å². The molecule has 0 bridgehead atoms. The lowest BCUT2D eigenvalue weighted by Crippen LogP contribution is -2.37. The Labute approximate surface area is 76.3 Å². The lowest BCUT2D eigenvalue weighted by molar-refractivity contribution is 0.324. The van der Waals surface area contributed by atoms with Crippen molar-refractivity contribution in [3.63, 3.8) is 0 Å². The van der Waals surface area contributed by atoms with E-state index in [1.807, 2.05) is 0 Å². The van der Waals surface area contributed by atoms with E-state index < -0.39 is 0 Å².